The molecule has 1 aliphatic rings. The van der Waals surface area contributed by atoms with E-state index < -0.39 is 0 Å². The Kier molecular flexibility index (Phi) is 1.31. The van der Waals surface area contributed by atoms with Gasteiger partial charge in [-0.2, -0.15) is 0 Å². The number of hydrogen-bond donors (Lipinski definition) is 0. The van der Waals surface area contributed by atoms with E-state index in [2.05, 4.69) is 25.9 Å². The van der Waals surface area contributed by atoms with Crippen LogP contribution in [0.3, 0.4) is 0 Å². The van der Waals surface area contributed by atoms with Crippen molar-refractivity contribution in [1.29, 1.82) is 0 Å². The summed E-state index contributed by atoms with van der Waals surface area (Å²) in [6.45, 7) is 4.10. The van der Waals surface area contributed by atoms with Crippen molar-refractivity contribution in [2.45, 2.75) is 24.8 Å². The molecule has 1 radical (unpaired) electrons. The smallest absolute Gasteiger partial charge is 0.0204 e. The highest BCUT2D eigenvalue weighted by molar-refractivity contribution is 4.97. The molecule has 47 valence electrons. The average molecular weight is 112 g/mol. The molecule has 0 amide bonds. The highest BCUT2D eigenvalue weighted by Gasteiger charge is 2.33. The Labute approximate surface area is 51.7 Å². The molecule has 1 aliphatic carbocycles. The fourth-order valence-electron chi connectivity index (χ4n) is 1.03. The van der Waals surface area contributed by atoms with Crippen LogP contribution in [-0.2, 0) is 0 Å². The second kappa shape index (κ2) is 1.73. The molecule has 1 nitrogen and oxygen atoms in total. The van der Waals surface area contributed by atoms with Crippen molar-refractivity contribution in [3.8, 4) is 0 Å². The third kappa shape index (κ3) is 0.752. The van der Waals surface area contributed by atoms with E-state index in [-0.39, 0.29) is 0 Å². The van der Waals surface area contributed by atoms with E-state index in [0.29, 0.717) is 5.54 Å². The molecule has 0 spiro atoms. The highest BCUT2D eigenvalue weighted by Crippen LogP contribution is 2.34. The molecular weight excluding hydrogens is 98.1 g/mol. The maximum atomic E-state index is 4.10. The number of nitrogens with zero attached hydrogens (tertiary/aromatic N) is 1. The summed E-state index contributed by atoms with van der Waals surface area (Å²) in [6.07, 6.45) is 3.92. The fraction of sp³-hybridized carbons (Fsp3) is 0.857. The molecule has 0 aromatic rings. The van der Waals surface area contributed by atoms with Gasteiger partial charge in [0.2, 0.25) is 0 Å². The van der Waals surface area contributed by atoms with Gasteiger partial charge in [0, 0.05) is 5.54 Å². The second-order valence-corrected chi connectivity index (χ2v) is 2.97. The molecule has 0 aliphatic heterocycles. The minimum Gasteiger partial charge on any atom is -0.304 e. The van der Waals surface area contributed by atoms with Crippen LogP contribution in [0.2, 0.25) is 0 Å². The summed E-state index contributed by atoms with van der Waals surface area (Å²) in [5.41, 5.74) is 0.306. The Morgan fingerprint density at radius 2 is 1.88 bits per heavy atom. The molecule has 0 bridgehead atoms. The molecule has 1 heteroatoms. The van der Waals surface area contributed by atoms with Crippen LogP contribution >= 0.6 is 0 Å². The van der Waals surface area contributed by atoms with Crippen LogP contribution < -0.4 is 0 Å². The van der Waals surface area contributed by atoms with Gasteiger partial charge >= 0.3 is 0 Å². The summed E-state index contributed by atoms with van der Waals surface area (Å²) >= 11 is 0. The molecule has 0 aromatic carbocycles. The maximum absolute atomic E-state index is 4.10. The van der Waals surface area contributed by atoms with E-state index in [4.69, 9.17) is 0 Å². The molecule has 8 heavy (non-hydrogen) atoms. The Bertz CT molecular complexity index is 82.4. The van der Waals surface area contributed by atoms with Crippen molar-refractivity contribution in [2.24, 2.45) is 0 Å². The number of rotatable bonds is 1. The molecule has 0 atom stereocenters. The topological polar surface area (TPSA) is 3.24 Å². The van der Waals surface area contributed by atoms with Gasteiger partial charge in [-0.15, -0.1) is 0 Å². The summed E-state index contributed by atoms with van der Waals surface area (Å²) in [6, 6.07) is 0. The lowest BCUT2D eigenvalue weighted by atomic mass is 9.78. The third-order valence-corrected chi connectivity index (χ3v) is 2.23. The van der Waals surface area contributed by atoms with E-state index in [1.807, 2.05) is 0 Å². The average Bonchev–Trinajstić information content (AvgIpc) is 1.60. The number of hydrogen-bond acceptors (Lipinski definition) is 1. The minimum atomic E-state index is 0.306. The van der Waals surface area contributed by atoms with Crippen LogP contribution in [0.4, 0.5) is 0 Å². The van der Waals surface area contributed by atoms with Gasteiger partial charge in [0.05, 0.1) is 0 Å². The zero-order valence-corrected chi connectivity index (χ0v) is 5.78. The molecule has 0 heterocycles. The van der Waals surface area contributed by atoms with Crippen LogP contribution in [0.15, 0.2) is 0 Å². The van der Waals surface area contributed by atoms with E-state index in [9.17, 15) is 0 Å². The molecular formula is C7H14N. The molecule has 0 unspecified atom stereocenters. The molecule has 0 saturated heterocycles. The lowest BCUT2D eigenvalue weighted by molar-refractivity contribution is 0.108. The first-order chi connectivity index (χ1) is 3.65. The van der Waals surface area contributed by atoms with Gasteiger partial charge in [-0.1, -0.05) is 0 Å². The lowest BCUT2D eigenvalue weighted by Crippen LogP contribution is -2.47. The minimum absolute atomic E-state index is 0.306. The van der Waals surface area contributed by atoms with Gasteiger partial charge < -0.3 is 4.90 Å². The maximum Gasteiger partial charge on any atom is 0.0204 e. The predicted octanol–water partition coefficient (Wildman–Crippen LogP) is 1.30. The van der Waals surface area contributed by atoms with E-state index >= 15 is 0 Å². The van der Waals surface area contributed by atoms with Crippen molar-refractivity contribution in [1.82, 2.24) is 4.90 Å². The van der Waals surface area contributed by atoms with E-state index in [1.54, 1.807) is 0 Å². The summed E-state index contributed by atoms with van der Waals surface area (Å²) in [5, 5.41) is 0. The molecule has 0 aromatic heterocycles. The zero-order valence-electron chi connectivity index (χ0n) is 5.78. The Hall–Kier alpha value is -0.0400. The summed E-state index contributed by atoms with van der Waals surface area (Å²) < 4.78 is 0. The summed E-state index contributed by atoms with van der Waals surface area (Å²) in [7, 11) is 4.21. The standard InChI is InChI=1S/C7H14N/c1-7(8(2)3)5-4-6-7/h1,4-6H2,2-3H3. The van der Waals surface area contributed by atoms with Gasteiger partial charge in [0.25, 0.3) is 0 Å². The Morgan fingerprint density at radius 1 is 1.38 bits per heavy atom. The monoisotopic (exact) mass is 112 g/mol. The van der Waals surface area contributed by atoms with Gasteiger partial charge in [0.15, 0.2) is 0 Å². The van der Waals surface area contributed by atoms with E-state index in [0.717, 1.165) is 0 Å². The Balaban J connectivity index is 2.41. The van der Waals surface area contributed by atoms with Gasteiger partial charge in [-0.25, -0.2) is 0 Å². The van der Waals surface area contributed by atoms with Gasteiger partial charge in [-0.3, -0.25) is 0 Å². The first kappa shape index (κ1) is 6.09. The van der Waals surface area contributed by atoms with Crippen LogP contribution in [0.5, 0.6) is 0 Å². The van der Waals surface area contributed by atoms with E-state index in [1.165, 1.54) is 19.3 Å². The SMILES string of the molecule is [CH2]C1(N(C)C)CCC1. The first-order valence-electron chi connectivity index (χ1n) is 3.18. The molecule has 1 saturated carbocycles. The largest absolute Gasteiger partial charge is 0.304 e. The quantitative estimate of drug-likeness (QED) is 0.494. The van der Waals surface area contributed by atoms with Crippen molar-refractivity contribution in [3.05, 3.63) is 6.92 Å². The summed E-state index contributed by atoms with van der Waals surface area (Å²) in [4.78, 5) is 2.22. The van der Waals surface area contributed by atoms with Gasteiger partial charge in [0.1, 0.15) is 0 Å². The molecule has 1 fully saturated rings. The molecule has 1 rings (SSSR count). The van der Waals surface area contributed by atoms with Crippen LogP contribution in [-0.4, -0.2) is 24.5 Å². The van der Waals surface area contributed by atoms with Crippen LogP contribution in [0.1, 0.15) is 19.3 Å². The second-order valence-electron chi connectivity index (χ2n) is 2.97. The first-order valence-corrected chi connectivity index (χ1v) is 3.18. The zero-order chi connectivity index (χ0) is 6.20. The molecule has 0 N–H and O–H groups in total. The summed E-state index contributed by atoms with van der Waals surface area (Å²) in [5.74, 6) is 0. The van der Waals surface area contributed by atoms with Crippen molar-refractivity contribution in [2.75, 3.05) is 14.1 Å². The third-order valence-electron chi connectivity index (χ3n) is 2.23. The van der Waals surface area contributed by atoms with Crippen molar-refractivity contribution < 1.29 is 0 Å². The Morgan fingerprint density at radius 3 is 1.88 bits per heavy atom. The highest BCUT2D eigenvalue weighted by atomic mass is 15.1. The van der Waals surface area contributed by atoms with Crippen molar-refractivity contribution in [3.63, 3.8) is 0 Å². The fourth-order valence-corrected chi connectivity index (χ4v) is 1.03. The predicted molar refractivity (Wildman–Crippen MR) is 35.6 cm³/mol. The normalized spacial score (nSPS) is 25.5. The van der Waals surface area contributed by atoms with Crippen LogP contribution in [0, 0.1) is 6.92 Å². The lowest BCUT2D eigenvalue weighted by Gasteiger charge is -2.44. The van der Waals surface area contributed by atoms with Crippen LogP contribution in [0.25, 0.3) is 0 Å². The van der Waals surface area contributed by atoms with Gasteiger partial charge in [-0.05, 0) is 40.3 Å². The van der Waals surface area contributed by atoms with Crippen molar-refractivity contribution >= 4 is 0 Å².